The molecule has 35 heavy (non-hydrogen) atoms. The van der Waals surface area contributed by atoms with E-state index in [0.717, 1.165) is 33.8 Å². The highest BCUT2D eigenvalue weighted by molar-refractivity contribution is 7.80. The molecule has 0 unspecified atom stereocenters. The van der Waals surface area contributed by atoms with Gasteiger partial charge < -0.3 is 19.4 Å². The van der Waals surface area contributed by atoms with Gasteiger partial charge in [0, 0.05) is 17.4 Å². The number of benzene rings is 2. The molecule has 5 rings (SSSR count). The minimum absolute atomic E-state index is 0.204. The molecule has 2 atom stereocenters. The lowest BCUT2D eigenvalue weighted by atomic mass is 10.0. The minimum Gasteiger partial charge on any atom is -0.465 e. The van der Waals surface area contributed by atoms with Crippen molar-refractivity contribution in [3.63, 3.8) is 0 Å². The van der Waals surface area contributed by atoms with Crippen molar-refractivity contribution >= 4 is 29.0 Å². The maximum Gasteiger partial charge on any atom is 0.337 e. The van der Waals surface area contributed by atoms with E-state index in [1.54, 1.807) is 18.3 Å². The molecule has 0 radical (unpaired) electrons. The average molecular weight is 484 g/mol. The van der Waals surface area contributed by atoms with Gasteiger partial charge in [-0.2, -0.15) is 0 Å². The number of hydrogen-bond acceptors (Lipinski definition) is 5. The maximum atomic E-state index is 12.0. The number of pyridine rings is 1. The van der Waals surface area contributed by atoms with Crippen LogP contribution in [0.1, 0.15) is 45.0 Å². The van der Waals surface area contributed by atoms with Crippen LogP contribution in [0.25, 0.3) is 11.3 Å². The fourth-order valence-corrected chi connectivity index (χ4v) is 4.94. The van der Waals surface area contributed by atoms with E-state index in [-0.39, 0.29) is 18.1 Å². The Kier molecular flexibility index (Phi) is 6.09. The third-order valence-electron chi connectivity index (χ3n) is 6.07. The standard InChI is InChI=1S/C28H25N3O3S/c1-17-13-18(2)15-21(14-17)31-26(25(30-28(31)35)22-9-4-5-12-29-22)24-11-10-23(34-24)19-7-6-8-20(16-19)27(32)33-3/h4-16,25-26H,1-3H3,(H,30,35)/t25-,26+/m1/s1. The van der Waals surface area contributed by atoms with Crippen LogP contribution >= 0.6 is 12.2 Å². The zero-order chi connectivity index (χ0) is 24.5. The Morgan fingerprint density at radius 2 is 1.83 bits per heavy atom. The van der Waals surface area contributed by atoms with Crippen LogP contribution in [0.2, 0.25) is 0 Å². The molecular formula is C28H25N3O3S. The van der Waals surface area contributed by atoms with Crippen molar-refractivity contribution in [1.29, 1.82) is 0 Å². The first kappa shape index (κ1) is 22.8. The number of thiocarbonyl (C=S) groups is 1. The molecule has 7 heteroatoms. The van der Waals surface area contributed by atoms with E-state index >= 15 is 0 Å². The second kappa shape index (κ2) is 9.35. The number of ether oxygens (including phenoxy) is 1. The van der Waals surface area contributed by atoms with Gasteiger partial charge in [0.05, 0.1) is 24.4 Å². The number of methoxy groups -OCH3 is 1. The smallest absolute Gasteiger partial charge is 0.337 e. The Balaban J connectivity index is 1.59. The first-order valence-corrected chi connectivity index (χ1v) is 11.7. The lowest BCUT2D eigenvalue weighted by Gasteiger charge is -2.26. The van der Waals surface area contributed by atoms with E-state index in [0.29, 0.717) is 16.4 Å². The zero-order valence-electron chi connectivity index (χ0n) is 19.7. The summed E-state index contributed by atoms with van der Waals surface area (Å²) in [5.41, 5.74) is 5.44. The fourth-order valence-electron chi connectivity index (χ4n) is 4.60. The number of esters is 1. The highest BCUT2D eigenvalue weighted by atomic mass is 32.1. The molecule has 0 saturated carbocycles. The van der Waals surface area contributed by atoms with Crippen LogP contribution < -0.4 is 10.2 Å². The van der Waals surface area contributed by atoms with Gasteiger partial charge in [-0.1, -0.05) is 24.3 Å². The van der Waals surface area contributed by atoms with Crippen LogP contribution in [0.3, 0.4) is 0 Å². The van der Waals surface area contributed by atoms with Gasteiger partial charge in [0.1, 0.15) is 17.6 Å². The topological polar surface area (TPSA) is 67.6 Å². The van der Waals surface area contributed by atoms with Crippen LogP contribution in [0.4, 0.5) is 5.69 Å². The van der Waals surface area contributed by atoms with Crippen LogP contribution in [0, 0.1) is 13.8 Å². The Morgan fingerprint density at radius 1 is 1.03 bits per heavy atom. The van der Waals surface area contributed by atoms with Gasteiger partial charge in [-0.25, -0.2) is 4.79 Å². The summed E-state index contributed by atoms with van der Waals surface area (Å²) in [7, 11) is 1.37. The molecule has 1 saturated heterocycles. The van der Waals surface area contributed by atoms with Gasteiger partial charge >= 0.3 is 5.97 Å². The summed E-state index contributed by atoms with van der Waals surface area (Å²) in [6, 6.07) is 22.9. The SMILES string of the molecule is COC(=O)c1cccc(-c2ccc([C@H]3[C@@H](c4ccccn4)NC(=S)N3c3cc(C)cc(C)c3)o2)c1. The number of nitrogens with one attached hydrogen (secondary N) is 1. The number of carbonyl (C=O) groups excluding carboxylic acids is 1. The van der Waals surface area contributed by atoms with E-state index in [1.807, 2.05) is 42.5 Å². The Labute approximate surface area is 209 Å². The van der Waals surface area contributed by atoms with E-state index in [1.165, 1.54) is 7.11 Å². The number of carbonyl (C=O) groups is 1. The number of aryl methyl sites for hydroxylation is 2. The Morgan fingerprint density at radius 3 is 2.54 bits per heavy atom. The van der Waals surface area contributed by atoms with Gasteiger partial charge in [-0.15, -0.1) is 0 Å². The highest BCUT2D eigenvalue weighted by Gasteiger charge is 2.42. The summed E-state index contributed by atoms with van der Waals surface area (Å²) in [4.78, 5) is 18.7. The van der Waals surface area contributed by atoms with Crippen LogP contribution in [0.15, 0.2) is 83.4 Å². The van der Waals surface area contributed by atoms with Crippen LogP contribution in [-0.4, -0.2) is 23.2 Å². The number of hydrogen-bond donors (Lipinski definition) is 1. The predicted octanol–water partition coefficient (Wildman–Crippen LogP) is 5.92. The quantitative estimate of drug-likeness (QED) is 0.279. The second-order valence-electron chi connectivity index (χ2n) is 8.62. The van der Waals surface area contributed by atoms with Gasteiger partial charge in [-0.05, 0) is 85.7 Å². The van der Waals surface area contributed by atoms with Crippen molar-refractivity contribution in [3.05, 3.63) is 107 Å². The highest BCUT2D eigenvalue weighted by Crippen LogP contribution is 2.43. The number of aromatic nitrogens is 1. The summed E-state index contributed by atoms with van der Waals surface area (Å²) in [6.45, 7) is 4.15. The van der Waals surface area contributed by atoms with E-state index in [4.69, 9.17) is 21.4 Å². The summed E-state index contributed by atoms with van der Waals surface area (Å²) < 4.78 is 11.3. The van der Waals surface area contributed by atoms with Crippen molar-refractivity contribution in [3.8, 4) is 11.3 Å². The number of nitrogens with zero attached hydrogens (tertiary/aromatic N) is 2. The molecule has 2 aromatic carbocycles. The molecule has 0 amide bonds. The largest absolute Gasteiger partial charge is 0.465 e. The van der Waals surface area contributed by atoms with Crippen molar-refractivity contribution in [1.82, 2.24) is 10.3 Å². The molecule has 1 aliphatic heterocycles. The molecule has 176 valence electrons. The molecule has 4 aromatic rings. The normalized spacial score (nSPS) is 17.3. The molecular weight excluding hydrogens is 458 g/mol. The predicted molar refractivity (Wildman–Crippen MR) is 139 cm³/mol. The summed E-state index contributed by atoms with van der Waals surface area (Å²) in [5.74, 6) is 1.01. The fraction of sp³-hybridized carbons (Fsp3) is 0.179. The summed E-state index contributed by atoms with van der Waals surface area (Å²) in [5, 5.41) is 4.07. The van der Waals surface area contributed by atoms with Crippen molar-refractivity contribution < 1.29 is 13.9 Å². The second-order valence-corrected chi connectivity index (χ2v) is 9.00. The van der Waals surface area contributed by atoms with Crippen molar-refractivity contribution in [2.75, 3.05) is 12.0 Å². The third kappa shape index (κ3) is 4.42. The summed E-state index contributed by atoms with van der Waals surface area (Å²) >= 11 is 5.82. The van der Waals surface area contributed by atoms with Gasteiger partial charge in [0.15, 0.2) is 5.11 Å². The monoisotopic (exact) mass is 483 g/mol. The number of rotatable bonds is 5. The molecule has 2 aromatic heterocycles. The van der Waals surface area contributed by atoms with E-state index in [9.17, 15) is 4.79 Å². The van der Waals surface area contributed by atoms with E-state index < -0.39 is 0 Å². The lowest BCUT2D eigenvalue weighted by Crippen LogP contribution is -2.29. The Hall–Kier alpha value is -3.97. The lowest BCUT2D eigenvalue weighted by molar-refractivity contribution is 0.0601. The molecule has 0 bridgehead atoms. The number of anilines is 1. The van der Waals surface area contributed by atoms with Crippen LogP contribution in [-0.2, 0) is 4.74 Å². The van der Waals surface area contributed by atoms with Crippen LogP contribution in [0.5, 0.6) is 0 Å². The van der Waals surface area contributed by atoms with Gasteiger partial charge in [-0.3, -0.25) is 4.98 Å². The molecule has 0 aliphatic carbocycles. The van der Waals surface area contributed by atoms with Crippen molar-refractivity contribution in [2.45, 2.75) is 25.9 Å². The number of furan rings is 1. The summed E-state index contributed by atoms with van der Waals surface area (Å²) in [6.07, 6.45) is 1.78. The molecule has 3 heterocycles. The molecule has 0 spiro atoms. The first-order chi connectivity index (χ1) is 16.9. The molecule has 1 aliphatic rings. The Bertz CT molecular complexity index is 1380. The third-order valence-corrected chi connectivity index (χ3v) is 6.38. The maximum absolute atomic E-state index is 12.0. The average Bonchev–Trinajstić information content (AvgIpc) is 3.48. The van der Waals surface area contributed by atoms with Gasteiger partial charge in [0.2, 0.25) is 0 Å². The molecule has 6 nitrogen and oxygen atoms in total. The minimum atomic E-state index is -0.389. The first-order valence-electron chi connectivity index (χ1n) is 11.3. The molecule has 1 fully saturated rings. The van der Waals surface area contributed by atoms with E-state index in [2.05, 4.69) is 47.2 Å². The van der Waals surface area contributed by atoms with Crippen molar-refractivity contribution in [2.24, 2.45) is 0 Å². The zero-order valence-corrected chi connectivity index (χ0v) is 20.5. The molecule has 1 N–H and O–H groups in total. The van der Waals surface area contributed by atoms with Gasteiger partial charge in [0.25, 0.3) is 0 Å².